The first-order valence-corrected chi connectivity index (χ1v) is 11.0. The minimum absolute atomic E-state index is 0.0612. The number of nitriles is 1. The van der Waals surface area contributed by atoms with E-state index in [1.54, 1.807) is 34.4 Å². The summed E-state index contributed by atoms with van der Waals surface area (Å²) in [4.78, 5) is 17.0. The number of benzene rings is 1. The Balaban J connectivity index is 1.98. The Hall–Kier alpha value is -2.26. The van der Waals surface area contributed by atoms with Gasteiger partial charge in [-0.05, 0) is 43.5 Å². The van der Waals surface area contributed by atoms with Crippen LogP contribution in [-0.2, 0) is 11.2 Å². The summed E-state index contributed by atoms with van der Waals surface area (Å²) in [7, 11) is 0. The average Bonchev–Trinajstić information content (AvgIpc) is 3.19. The van der Waals surface area contributed by atoms with Crippen LogP contribution in [-0.4, -0.2) is 5.78 Å². The van der Waals surface area contributed by atoms with E-state index in [1.807, 2.05) is 6.07 Å². The number of aryl methyl sites for hydroxylation is 1. The molecular weight excluding hydrogens is 425 g/mol. The fraction of sp³-hybridized carbons (Fsp3) is 0.273. The van der Waals surface area contributed by atoms with Crippen LogP contribution in [0.3, 0.4) is 0 Å². The van der Waals surface area contributed by atoms with Crippen molar-refractivity contribution in [3.05, 3.63) is 72.8 Å². The molecule has 1 atom stereocenters. The van der Waals surface area contributed by atoms with Gasteiger partial charge in [0, 0.05) is 27.4 Å². The second kappa shape index (κ2) is 7.87. The number of rotatable bonds is 3. The third kappa shape index (κ3) is 3.26. The molecule has 2 aromatic rings. The van der Waals surface area contributed by atoms with Crippen LogP contribution in [0.4, 0.5) is 5.69 Å². The van der Waals surface area contributed by atoms with Crippen molar-refractivity contribution in [2.75, 3.05) is 4.90 Å². The topological polar surface area (TPSA) is 70.1 Å². The fourth-order valence-electron chi connectivity index (χ4n) is 4.05. The molecule has 1 aromatic carbocycles. The summed E-state index contributed by atoms with van der Waals surface area (Å²) in [6, 6.07) is 11.6. The van der Waals surface area contributed by atoms with E-state index in [-0.39, 0.29) is 5.78 Å². The normalized spacial score (nSPS) is 19.4. The molecule has 1 aliphatic heterocycles. The first kappa shape index (κ1) is 20.0. The number of nitrogens with two attached hydrogens (primary N) is 1. The Kier molecular flexibility index (Phi) is 5.44. The number of anilines is 1. The van der Waals surface area contributed by atoms with Gasteiger partial charge in [0.2, 0.25) is 0 Å². The van der Waals surface area contributed by atoms with Crippen LogP contribution in [0.5, 0.6) is 0 Å². The third-order valence-electron chi connectivity index (χ3n) is 5.40. The number of carbonyl (C=O) groups is 1. The second-order valence-corrected chi connectivity index (χ2v) is 9.03. The number of nitrogens with zero attached hydrogens (tertiary/aromatic N) is 2. The summed E-state index contributed by atoms with van der Waals surface area (Å²) < 4.78 is 0. The van der Waals surface area contributed by atoms with Crippen LogP contribution in [0.15, 0.2) is 53.0 Å². The molecule has 4 nitrogen and oxygen atoms in total. The number of carbonyl (C=O) groups excluding carboxylic acids is 1. The second-order valence-electron chi connectivity index (χ2n) is 7.05. The van der Waals surface area contributed by atoms with Crippen LogP contribution < -0.4 is 10.6 Å². The Bertz CT molecular complexity index is 1110. The third-order valence-corrected chi connectivity index (χ3v) is 7.50. The Morgan fingerprint density at radius 3 is 2.76 bits per heavy atom. The van der Waals surface area contributed by atoms with E-state index < -0.39 is 5.92 Å². The molecule has 0 spiro atoms. The summed E-state index contributed by atoms with van der Waals surface area (Å²) in [5.74, 6) is -0.0602. The van der Waals surface area contributed by atoms with Gasteiger partial charge in [-0.3, -0.25) is 9.69 Å². The maximum Gasteiger partial charge on any atom is 0.161 e. The average molecular weight is 444 g/mol. The largest absolute Gasteiger partial charge is 0.384 e. The standard InChI is InChI=1S/C22H19Cl2N3OS/c1-2-12-9-10-18(29-12)19-13(11-25)22(26)27(15-6-4-8-17(28)20(15)19)16-7-3-5-14(23)21(16)24/h3,5,7,9-10,19H,2,4,6,8,26H2,1H3/t19-/m0/s1. The molecule has 0 saturated carbocycles. The van der Waals surface area contributed by atoms with E-state index in [0.717, 1.165) is 23.4 Å². The van der Waals surface area contributed by atoms with Gasteiger partial charge in [-0.2, -0.15) is 5.26 Å². The first-order chi connectivity index (χ1) is 14.0. The number of halogens is 2. The van der Waals surface area contributed by atoms with Crippen molar-refractivity contribution >= 4 is 46.0 Å². The minimum Gasteiger partial charge on any atom is -0.384 e. The molecule has 1 aliphatic carbocycles. The molecule has 29 heavy (non-hydrogen) atoms. The van der Waals surface area contributed by atoms with Crippen molar-refractivity contribution in [3.8, 4) is 6.07 Å². The van der Waals surface area contributed by atoms with E-state index in [4.69, 9.17) is 28.9 Å². The van der Waals surface area contributed by atoms with Gasteiger partial charge in [0.05, 0.1) is 33.3 Å². The molecule has 7 heteroatoms. The molecule has 0 unspecified atom stereocenters. The van der Waals surface area contributed by atoms with Gasteiger partial charge in [0.25, 0.3) is 0 Å². The lowest BCUT2D eigenvalue weighted by Crippen LogP contribution is -2.38. The van der Waals surface area contributed by atoms with E-state index in [2.05, 4.69) is 19.1 Å². The zero-order chi connectivity index (χ0) is 20.7. The molecule has 0 saturated heterocycles. The summed E-state index contributed by atoms with van der Waals surface area (Å²) in [5.41, 5.74) is 8.98. The van der Waals surface area contributed by atoms with Gasteiger partial charge in [0.1, 0.15) is 5.82 Å². The summed E-state index contributed by atoms with van der Waals surface area (Å²) in [6.45, 7) is 2.09. The van der Waals surface area contributed by atoms with Gasteiger partial charge in [0.15, 0.2) is 5.78 Å². The maximum atomic E-state index is 13.1. The Labute approximate surface area is 183 Å². The van der Waals surface area contributed by atoms with Crippen LogP contribution >= 0.6 is 34.5 Å². The van der Waals surface area contributed by atoms with Crippen molar-refractivity contribution in [2.24, 2.45) is 5.73 Å². The number of hydrogen-bond acceptors (Lipinski definition) is 5. The van der Waals surface area contributed by atoms with E-state index in [9.17, 15) is 10.1 Å². The zero-order valence-corrected chi connectivity index (χ0v) is 18.2. The molecule has 148 valence electrons. The van der Waals surface area contributed by atoms with E-state index in [1.165, 1.54) is 4.88 Å². The minimum atomic E-state index is -0.428. The van der Waals surface area contributed by atoms with Crippen LogP contribution in [0.25, 0.3) is 0 Å². The van der Waals surface area contributed by atoms with Crippen molar-refractivity contribution < 1.29 is 4.79 Å². The van der Waals surface area contributed by atoms with Gasteiger partial charge in [-0.1, -0.05) is 36.2 Å². The Morgan fingerprint density at radius 2 is 2.07 bits per heavy atom. The van der Waals surface area contributed by atoms with Crippen LogP contribution in [0.2, 0.25) is 10.0 Å². The van der Waals surface area contributed by atoms with Crippen molar-refractivity contribution in [3.63, 3.8) is 0 Å². The highest BCUT2D eigenvalue weighted by Gasteiger charge is 2.41. The molecule has 0 bridgehead atoms. The zero-order valence-electron chi connectivity index (χ0n) is 15.8. The Morgan fingerprint density at radius 1 is 1.28 bits per heavy atom. The molecule has 0 radical (unpaired) electrons. The number of ketones is 1. The summed E-state index contributed by atoms with van der Waals surface area (Å²) in [5, 5.41) is 10.8. The molecular formula is C22H19Cl2N3OS. The maximum absolute atomic E-state index is 13.1. The smallest absolute Gasteiger partial charge is 0.161 e. The molecule has 0 fully saturated rings. The molecule has 2 N–H and O–H groups in total. The highest BCUT2D eigenvalue weighted by Crippen LogP contribution is 2.49. The molecule has 0 amide bonds. The highest BCUT2D eigenvalue weighted by atomic mass is 35.5. The lowest BCUT2D eigenvalue weighted by atomic mass is 9.78. The van der Waals surface area contributed by atoms with Crippen molar-refractivity contribution in [2.45, 2.75) is 38.5 Å². The predicted octanol–water partition coefficient (Wildman–Crippen LogP) is 5.92. The predicted molar refractivity (Wildman–Crippen MR) is 118 cm³/mol. The van der Waals surface area contributed by atoms with Gasteiger partial charge in [-0.25, -0.2) is 0 Å². The highest BCUT2D eigenvalue weighted by molar-refractivity contribution is 7.12. The SMILES string of the molecule is CCc1ccc([C@@H]2C(C#N)=C(N)N(c3cccc(Cl)c3Cl)C3=C2C(=O)CCC3)s1. The fourth-order valence-corrected chi connectivity index (χ4v) is 5.50. The number of Topliss-reactive ketones (excluding diaryl/α,β-unsaturated/α-hetero) is 1. The molecule has 2 heterocycles. The van der Waals surface area contributed by atoms with Gasteiger partial charge in [-0.15, -0.1) is 11.3 Å². The monoisotopic (exact) mass is 443 g/mol. The molecule has 1 aromatic heterocycles. The lowest BCUT2D eigenvalue weighted by Gasteiger charge is -2.39. The lowest BCUT2D eigenvalue weighted by molar-refractivity contribution is -0.116. The van der Waals surface area contributed by atoms with Crippen LogP contribution in [0, 0.1) is 11.3 Å². The van der Waals surface area contributed by atoms with Gasteiger partial charge >= 0.3 is 0 Å². The number of thiophene rings is 1. The van der Waals surface area contributed by atoms with Crippen molar-refractivity contribution in [1.82, 2.24) is 0 Å². The van der Waals surface area contributed by atoms with E-state index in [0.29, 0.717) is 45.5 Å². The molecule has 4 rings (SSSR count). The summed E-state index contributed by atoms with van der Waals surface area (Å²) in [6.07, 6.45) is 2.80. The quantitative estimate of drug-likeness (QED) is 0.638. The van der Waals surface area contributed by atoms with E-state index >= 15 is 0 Å². The number of hydrogen-bond donors (Lipinski definition) is 1. The van der Waals surface area contributed by atoms with Gasteiger partial charge < -0.3 is 5.73 Å². The first-order valence-electron chi connectivity index (χ1n) is 9.46. The summed E-state index contributed by atoms with van der Waals surface area (Å²) >= 11 is 14.4. The molecule has 2 aliphatic rings. The van der Waals surface area contributed by atoms with Crippen molar-refractivity contribution in [1.29, 1.82) is 5.26 Å². The number of allylic oxidation sites excluding steroid dienone is 3. The van der Waals surface area contributed by atoms with Crippen LogP contribution in [0.1, 0.15) is 41.9 Å².